The highest BCUT2D eigenvalue weighted by molar-refractivity contribution is 5.74. The first kappa shape index (κ1) is 9.70. The summed E-state index contributed by atoms with van der Waals surface area (Å²) in [5.41, 5.74) is 5.58. The van der Waals surface area contributed by atoms with Gasteiger partial charge in [0.1, 0.15) is 5.52 Å². The van der Waals surface area contributed by atoms with Crippen molar-refractivity contribution in [1.29, 1.82) is 0 Å². The molecule has 0 fully saturated rings. The minimum Gasteiger partial charge on any atom is -0.399 e. The van der Waals surface area contributed by atoms with E-state index in [1.165, 1.54) is 6.07 Å². The van der Waals surface area contributed by atoms with Crippen LogP contribution in [0.1, 0.15) is 5.69 Å². The van der Waals surface area contributed by atoms with E-state index in [-0.39, 0.29) is 5.52 Å². The summed E-state index contributed by atoms with van der Waals surface area (Å²) >= 11 is 0. The van der Waals surface area contributed by atoms with Crippen LogP contribution in [0, 0.1) is 0 Å². The Labute approximate surface area is 82.8 Å². The second-order valence-corrected chi connectivity index (χ2v) is 3.06. The number of benzene rings is 1. The van der Waals surface area contributed by atoms with Gasteiger partial charge >= 0.3 is 6.18 Å². The summed E-state index contributed by atoms with van der Waals surface area (Å²) in [6, 6.07) is 4.56. The van der Waals surface area contributed by atoms with Crippen LogP contribution in [0.5, 0.6) is 0 Å². The molecule has 0 radical (unpaired) electrons. The highest BCUT2D eigenvalue weighted by atomic mass is 19.4. The number of hydrogen-bond acceptors (Lipinski definition) is 2. The van der Waals surface area contributed by atoms with Crippen molar-refractivity contribution < 1.29 is 18.2 Å². The van der Waals surface area contributed by atoms with Crippen molar-refractivity contribution in [2.45, 2.75) is 6.18 Å². The van der Waals surface area contributed by atoms with Crippen molar-refractivity contribution in [3.05, 3.63) is 30.1 Å². The quantitative estimate of drug-likeness (QED) is 0.678. The SMILES string of the molecule is Nc1ccc2[nH+]cc(C(F)(F)F)nc2c1. The zero-order chi connectivity index (χ0) is 11.1. The molecule has 1 aromatic heterocycles. The predicted molar refractivity (Wildman–Crippen MR) is 47.7 cm³/mol. The van der Waals surface area contributed by atoms with Gasteiger partial charge in [0.2, 0.25) is 11.2 Å². The van der Waals surface area contributed by atoms with Crippen LogP contribution in [0.3, 0.4) is 0 Å². The third kappa shape index (κ3) is 1.83. The lowest BCUT2D eigenvalue weighted by Gasteiger charge is -2.02. The van der Waals surface area contributed by atoms with Crippen LogP contribution >= 0.6 is 0 Å². The fraction of sp³-hybridized carbons (Fsp3) is 0.111. The zero-order valence-electron chi connectivity index (χ0n) is 7.47. The number of rotatable bonds is 0. The van der Waals surface area contributed by atoms with Crippen LogP contribution in [0.4, 0.5) is 18.9 Å². The van der Waals surface area contributed by atoms with E-state index in [1.54, 1.807) is 12.1 Å². The van der Waals surface area contributed by atoms with E-state index in [4.69, 9.17) is 5.73 Å². The number of nitrogens with two attached hydrogens (primary N) is 1. The van der Waals surface area contributed by atoms with Gasteiger partial charge in [0, 0.05) is 11.8 Å². The monoisotopic (exact) mass is 214 g/mol. The molecule has 78 valence electrons. The zero-order valence-corrected chi connectivity index (χ0v) is 7.47. The summed E-state index contributed by atoms with van der Waals surface area (Å²) in [6.45, 7) is 0. The standard InChI is InChI=1S/C9H6F3N3/c10-9(11,12)8-4-14-6-2-1-5(13)3-7(6)15-8/h1-4H,13H2/p+1. The van der Waals surface area contributed by atoms with Gasteiger partial charge in [-0.05, 0) is 12.1 Å². The molecule has 6 heteroatoms. The summed E-state index contributed by atoms with van der Waals surface area (Å²) in [5, 5.41) is 0. The van der Waals surface area contributed by atoms with Crippen molar-refractivity contribution in [3.8, 4) is 0 Å². The van der Waals surface area contributed by atoms with Crippen molar-refractivity contribution >= 4 is 16.7 Å². The molecule has 0 amide bonds. The van der Waals surface area contributed by atoms with Gasteiger partial charge in [-0.3, -0.25) is 0 Å². The van der Waals surface area contributed by atoms with E-state index in [0.717, 1.165) is 6.20 Å². The summed E-state index contributed by atoms with van der Waals surface area (Å²) in [7, 11) is 0. The first-order chi connectivity index (χ1) is 6.97. The molecule has 1 heterocycles. The molecule has 0 unspecified atom stereocenters. The molecule has 15 heavy (non-hydrogen) atoms. The van der Waals surface area contributed by atoms with Gasteiger partial charge in [-0.1, -0.05) is 0 Å². The highest BCUT2D eigenvalue weighted by Gasteiger charge is 2.35. The highest BCUT2D eigenvalue weighted by Crippen LogP contribution is 2.27. The molecule has 2 aromatic rings. The minimum absolute atomic E-state index is 0.199. The maximum Gasteiger partial charge on any atom is 0.439 e. The number of halogens is 3. The van der Waals surface area contributed by atoms with Gasteiger partial charge in [-0.25, -0.2) is 9.97 Å². The number of H-pyrrole nitrogens is 1. The predicted octanol–water partition coefficient (Wildman–Crippen LogP) is 1.65. The van der Waals surface area contributed by atoms with Gasteiger partial charge in [0.15, 0.2) is 6.20 Å². The van der Waals surface area contributed by atoms with Crippen LogP contribution in [-0.4, -0.2) is 4.98 Å². The Morgan fingerprint density at radius 2 is 2.00 bits per heavy atom. The fourth-order valence-corrected chi connectivity index (χ4v) is 1.22. The topological polar surface area (TPSA) is 53.0 Å². The van der Waals surface area contributed by atoms with Gasteiger partial charge in [0.05, 0.1) is 0 Å². The van der Waals surface area contributed by atoms with Crippen LogP contribution in [0.2, 0.25) is 0 Å². The Morgan fingerprint density at radius 3 is 2.67 bits per heavy atom. The largest absolute Gasteiger partial charge is 0.439 e. The van der Waals surface area contributed by atoms with Crippen molar-refractivity contribution in [3.63, 3.8) is 0 Å². The molecule has 0 saturated heterocycles. The molecular formula is C9H7F3N3+. The van der Waals surface area contributed by atoms with Crippen molar-refractivity contribution in [2.75, 3.05) is 5.73 Å². The number of aromatic amines is 1. The third-order valence-electron chi connectivity index (χ3n) is 1.92. The first-order valence-corrected chi connectivity index (χ1v) is 4.12. The molecule has 0 atom stereocenters. The summed E-state index contributed by atoms with van der Waals surface area (Å²) in [5.74, 6) is 0. The van der Waals surface area contributed by atoms with Crippen LogP contribution < -0.4 is 10.7 Å². The Balaban J connectivity index is 2.64. The molecule has 0 spiro atoms. The Morgan fingerprint density at radius 1 is 1.27 bits per heavy atom. The van der Waals surface area contributed by atoms with E-state index in [0.29, 0.717) is 11.2 Å². The van der Waals surface area contributed by atoms with Crippen molar-refractivity contribution in [1.82, 2.24) is 4.98 Å². The third-order valence-corrected chi connectivity index (χ3v) is 1.92. The van der Waals surface area contributed by atoms with Crippen LogP contribution in [0.25, 0.3) is 11.0 Å². The maximum atomic E-state index is 12.3. The van der Waals surface area contributed by atoms with Gasteiger partial charge < -0.3 is 5.73 Å². The number of anilines is 1. The summed E-state index contributed by atoms with van der Waals surface area (Å²) < 4.78 is 36.9. The van der Waals surface area contributed by atoms with Crippen LogP contribution in [0.15, 0.2) is 24.4 Å². The first-order valence-electron chi connectivity index (χ1n) is 4.12. The Bertz CT molecular complexity index is 507. The molecule has 0 aliphatic rings. The molecule has 0 aliphatic heterocycles. The Hall–Kier alpha value is -1.85. The van der Waals surface area contributed by atoms with Gasteiger partial charge in [-0.2, -0.15) is 13.2 Å². The van der Waals surface area contributed by atoms with E-state index < -0.39 is 11.9 Å². The van der Waals surface area contributed by atoms with Gasteiger partial charge in [0.25, 0.3) is 0 Å². The number of alkyl halides is 3. The van der Waals surface area contributed by atoms with Gasteiger partial charge in [-0.15, -0.1) is 0 Å². The maximum absolute atomic E-state index is 12.3. The van der Waals surface area contributed by atoms with Crippen LogP contribution in [-0.2, 0) is 6.18 Å². The van der Waals surface area contributed by atoms with Crippen molar-refractivity contribution in [2.24, 2.45) is 0 Å². The lowest BCUT2D eigenvalue weighted by Crippen LogP contribution is -2.15. The fourth-order valence-electron chi connectivity index (χ4n) is 1.22. The molecule has 0 saturated carbocycles. The van der Waals surface area contributed by atoms with E-state index in [9.17, 15) is 13.2 Å². The van der Waals surface area contributed by atoms with E-state index in [1.807, 2.05) is 0 Å². The van der Waals surface area contributed by atoms with E-state index in [2.05, 4.69) is 9.97 Å². The summed E-state index contributed by atoms with van der Waals surface area (Å²) in [6.07, 6.45) is -3.62. The lowest BCUT2D eigenvalue weighted by molar-refractivity contribution is -0.349. The number of nitrogens with zero attached hydrogens (tertiary/aromatic N) is 1. The number of nitrogen functional groups attached to an aromatic ring is 1. The molecule has 2 rings (SSSR count). The number of fused-ring (bicyclic) bond motifs is 1. The number of aromatic nitrogens is 2. The number of nitrogens with one attached hydrogen (secondary N) is 1. The lowest BCUT2D eigenvalue weighted by atomic mass is 10.2. The second-order valence-electron chi connectivity index (χ2n) is 3.06. The molecule has 0 bridgehead atoms. The second kappa shape index (κ2) is 3.08. The molecule has 1 aromatic carbocycles. The normalized spacial score (nSPS) is 11.9. The van der Waals surface area contributed by atoms with E-state index >= 15 is 0 Å². The molecule has 3 nitrogen and oxygen atoms in total. The smallest absolute Gasteiger partial charge is 0.399 e. The number of hydrogen-bond donors (Lipinski definition) is 1. The molecule has 0 aliphatic carbocycles. The summed E-state index contributed by atoms with van der Waals surface area (Å²) in [4.78, 5) is 5.99. The average Bonchev–Trinajstić information content (AvgIpc) is 2.15. The Kier molecular flexibility index (Phi) is 1.99. The average molecular weight is 214 g/mol. The molecule has 3 N–H and O–H groups in total. The minimum atomic E-state index is -4.45. The molecular weight excluding hydrogens is 207 g/mol.